The second kappa shape index (κ2) is 7.36. The first-order valence-electron chi connectivity index (χ1n) is 7.49. The van der Waals surface area contributed by atoms with Crippen LogP contribution in [0.1, 0.15) is 45.4 Å². The predicted molar refractivity (Wildman–Crippen MR) is 91.8 cm³/mol. The maximum Gasteiger partial charge on any atom is 0.224 e. The van der Waals surface area contributed by atoms with E-state index in [0.29, 0.717) is 0 Å². The molecule has 1 aromatic heterocycles. The number of thiophene rings is 1. The highest BCUT2D eigenvalue weighted by molar-refractivity contribution is 7.14. The number of aryl methyl sites for hydroxylation is 3. The molecule has 3 nitrogen and oxygen atoms in total. The van der Waals surface area contributed by atoms with E-state index in [0.717, 1.165) is 33.0 Å². The normalized spacial score (nSPS) is 10.5. The molecule has 4 heteroatoms. The molecule has 1 heterocycles. The molecule has 1 N–H and O–H groups in total. The fourth-order valence-corrected chi connectivity index (χ4v) is 3.17. The molecule has 0 aliphatic rings. The zero-order chi connectivity index (χ0) is 16.1. The number of hydrogen-bond donors (Lipinski definition) is 1. The number of anilines is 1. The summed E-state index contributed by atoms with van der Waals surface area (Å²) in [7, 11) is 0. The number of carbonyl (C=O) groups excluding carboxylic acids is 2. The number of hydrogen-bond acceptors (Lipinski definition) is 3. The average Bonchev–Trinajstić information content (AvgIpc) is 2.93. The number of Topliss-reactive ketones (excluding diaryl/α,β-unsaturated/α-hetero) is 1. The fourth-order valence-electron chi connectivity index (χ4n) is 2.34. The Bertz CT molecular complexity index is 688. The van der Waals surface area contributed by atoms with Crippen molar-refractivity contribution in [3.05, 3.63) is 51.2 Å². The summed E-state index contributed by atoms with van der Waals surface area (Å²) in [6.07, 6.45) is 1.33. The topological polar surface area (TPSA) is 46.2 Å². The van der Waals surface area contributed by atoms with Gasteiger partial charge in [0, 0.05) is 23.4 Å². The third kappa shape index (κ3) is 4.04. The van der Waals surface area contributed by atoms with Gasteiger partial charge in [-0.15, -0.1) is 11.3 Å². The first-order chi connectivity index (χ1) is 10.5. The molecule has 22 heavy (non-hydrogen) atoms. The van der Waals surface area contributed by atoms with E-state index in [1.807, 2.05) is 44.2 Å². The first kappa shape index (κ1) is 16.4. The van der Waals surface area contributed by atoms with Crippen molar-refractivity contribution in [2.24, 2.45) is 0 Å². The van der Waals surface area contributed by atoms with Crippen molar-refractivity contribution in [2.45, 2.75) is 40.0 Å². The van der Waals surface area contributed by atoms with Crippen LogP contribution < -0.4 is 5.32 Å². The van der Waals surface area contributed by atoms with E-state index in [1.54, 1.807) is 0 Å². The second-order valence-corrected chi connectivity index (χ2v) is 6.63. The highest BCUT2D eigenvalue weighted by Crippen LogP contribution is 2.22. The Hall–Kier alpha value is -1.94. The van der Waals surface area contributed by atoms with Gasteiger partial charge in [-0.2, -0.15) is 0 Å². The molecule has 0 aliphatic heterocycles. The van der Waals surface area contributed by atoms with Gasteiger partial charge in [-0.05, 0) is 43.5 Å². The molecule has 0 atom stereocenters. The summed E-state index contributed by atoms with van der Waals surface area (Å²) < 4.78 is 0. The van der Waals surface area contributed by atoms with Crippen LogP contribution in [0.3, 0.4) is 0 Å². The summed E-state index contributed by atoms with van der Waals surface area (Å²) in [5.41, 5.74) is 3.05. The van der Waals surface area contributed by atoms with Gasteiger partial charge in [-0.25, -0.2) is 0 Å². The minimum absolute atomic E-state index is 0.0359. The number of carbonyl (C=O) groups is 2. The fraction of sp³-hybridized carbons (Fsp3) is 0.333. The van der Waals surface area contributed by atoms with Crippen molar-refractivity contribution in [3.63, 3.8) is 0 Å². The molecule has 0 saturated heterocycles. The summed E-state index contributed by atoms with van der Waals surface area (Å²) in [6, 6.07) is 9.75. The first-order valence-corrected chi connectivity index (χ1v) is 8.31. The second-order valence-electron chi connectivity index (χ2n) is 5.34. The average molecular weight is 315 g/mol. The predicted octanol–water partition coefficient (Wildman–Crippen LogP) is 4.53. The van der Waals surface area contributed by atoms with E-state index in [2.05, 4.69) is 12.2 Å². The maximum absolute atomic E-state index is 12.1. The van der Waals surface area contributed by atoms with Crippen LogP contribution >= 0.6 is 11.3 Å². The van der Waals surface area contributed by atoms with Crippen LogP contribution in [-0.4, -0.2) is 11.7 Å². The Kier molecular flexibility index (Phi) is 5.50. The number of rotatable bonds is 6. The Labute approximate surface area is 135 Å². The molecule has 2 rings (SSSR count). The molecular weight excluding hydrogens is 294 g/mol. The summed E-state index contributed by atoms with van der Waals surface area (Å²) in [4.78, 5) is 26.0. The van der Waals surface area contributed by atoms with Crippen molar-refractivity contribution in [3.8, 4) is 0 Å². The molecule has 2 aromatic rings. The number of ketones is 1. The van der Waals surface area contributed by atoms with Crippen LogP contribution in [0.25, 0.3) is 0 Å². The minimum atomic E-state index is -0.106. The standard InChI is InChI=1S/C18H21NO2S/c1-4-14-7-5-6-12(2)18(14)19-17(21)11-9-15(20)16-10-8-13(3)22-16/h5-8,10H,4,9,11H2,1-3H3,(H,19,21). The smallest absolute Gasteiger partial charge is 0.224 e. The van der Waals surface area contributed by atoms with E-state index < -0.39 is 0 Å². The van der Waals surface area contributed by atoms with E-state index in [9.17, 15) is 9.59 Å². The summed E-state index contributed by atoms with van der Waals surface area (Å²) in [5, 5.41) is 2.95. The lowest BCUT2D eigenvalue weighted by Gasteiger charge is -2.12. The van der Waals surface area contributed by atoms with Crippen LogP contribution in [0.2, 0.25) is 0 Å². The number of benzene rings is 1. The highest BCUT2D eigenvalue weighted by atomic mass is 32.1. The third-order valence-electron chi connectivity index (χ3n) is 3.60. The molecule has 1 aromatic carbocycles. The van der Waals surface area contributed by atoms with Gasteiger partial charge in [0.2, 0.25) is 5.91 Å². The van der Waals surface area contributed by atoms with Crippen molar-refractivity contribution in [1.29, 1.82) is 0 Å². The zero-order valence-corrected chi connectivity index (χ0v) is 14.0. The number of para-hydroxylation sites is 1. The largest absolute Gasteiger partial charge is 0.326 e. The molecule has 0 fully saturated rings. The molecule has 0 aliphatic carbocycles. The molecule has 0 unspecified atom stereocenters. The molecule has 0 spiro atoms. The Morgan fingerprint density at radius 3 is 2.50 bits per heavy atom. The molecule has 0 bridgehead atoms. The molecule has 0 saturated carbocycles. The van der Waals surface area contributed by atoms with Gasteiger partial charge in [0.05, 0.1) is 4.88 Å². The van der Waals surface area contributed by atoms with E-state index >= 15 is 0 Å². The van der Waals surface area contributed by atoms with E-state index in [1.165, 1.54) is 11.3 Å². The van der Waals surface area contributed by atoms with Gasteiger partial charge in [0.1, 0.15) is 0 Å². The Morgan fingerprint density at radius 2 is 1.86 bits per heavy atom. The molecule has 0 radical (unpaired) electrons. The molecular formula is C18H21NO2S. The Balaban J connectivity index is 1.95. The summed E-state index contributed by atoms with van der Waals surface area (Å²) in [6.45, 7) is 6.01. The van der Waals surface area contributed by atoms with Gasteiger partial charge < -0.3 is 5.32 Å². The lowest BCUT2D eigenvalue weighted by atomic mass is 10.1. The third-order valence-corrected chi connectivity index (χ3v) is 4.64. The van der Waals surface area contributed by atoms with Gasteiger partial charge in [0.15, 0.2) is 5.78 Å². The lowest BCUT2D eigenvalue weighted by Crippen LogP contribution is -2.15. The van der Waals surface area contributed by atoms with Gasteiger partial charge in [-0.3, -0.25) is 9.59 Å². The number of amides is 1. The van der Waals surface area contributed by atoms with Crippen LogP contribution in [0, 0.1) is 13.8 Å². The van der Waals surface area contributed by atoms with Gasteiger partial charge >= 0.3 is 0 Å². The molecule has 116 valence electrons. The molecule has 1 amide bonds. The van der Waals surface area contributed by atoms with Crippen molar-refractivity contribution in [1.82, 2.24) is 0 Å². The van der Waals surface area contributed by atoms with E-state index in [4.69, 9.17) is 0 Å². The zero-order valence-electron chi connectivity index (χ0n) is 13.2. The van der Waals surface area contributed by atoms with Gasteiger partial charge in [-0.1, -0.05) is 25.1 Å². The Morgan fingerprint density at radius 1 is 1.09 bits per heavy atom. The van der Waals surface area contributed by atoms with Crippen molar-refractivity contribution >= 4 is 28.7 Å². The van der Waals surface area contributed by atoms with E-state index in [-0.39, 0.29) is 24.5 Å². The van der Waals surface area contributed by atoms with Crippen molar-refractivity contribution < 1.29 is 9.59 Å². The van der Waals surface area contributed by atoms with Crippen LogP contribution in [0.15, 0.2) is 30.3 Å². The summed E-state index contributed by atoms with van der Waals surface area (Å²) in [5.74, 6) is -0.0700. The highest BCUT2D eigenvalue weighted by Gasteiger charge is 2.13. The van der Waals surface area contributed by atoms with Crippen LogP contribution in [0.4, 0.5) is 5.69 Å². The summed E-state index contributed by atoms with van der Waals surface area (Å²) >= 11 is 1.48. The van der Waals surface area contributed by atoms with Crippen LogP contribution in [-0.2, 0) is 11.2 Å². The SMILES string of the molecule is CCc1cccc(C)c1NC(=O)CCC(=O)c1ccc(C)s1. The quantitative estimate of drug-likeness (QED) is 0.796. The van der Waals surface area contributed by atoms with Crippen LogP contribution in [0.5, 0.6) is 0 Å². The minimum Gasteiger partial charge on any atom is -0.326 e. The lowest BCUT2D eigenvalue weighted by molar-refractivity contribution is -0.116. The van der Waals surface area contributed by atoms with Crippen molar-refractivity contribution in [2.75, 3.05) is 5.32 Å². The number of nitrogens with one attached hydrogen (secondary N) is 1. The maximum atomic E-state index is 12.1. The van der Waals surface area contributed by atoms with Gasteiger partial charge in [0.25, 0.3) is 0 Å². The monoisotopic (exact) mass is 315 g/mol.